The summed E-state index contributed by atoms with van der Waals surface area (Å²) in [6.07, 6.45) is 0.529. The van der Waals surface area contributed by atoms with Crippen molar-refractivity contribution in [3.63, 3.8) is 0 Å². The number of hydrogen-bond acceptors (Lipinski definition) is 3. The lowest BCUT2D eigenvalue weighted by Gasteiger charge is -2.03. The summed E-state index contributed by atoms with van der Waals surface area (Å²) in [7, 11) is 0. The Morgan fingerprint density at radius 1 is 1.38 bits per heavy atom. The topological polar surface area (TPSA) is 55.1 Å². The number of nitrogens with one attached hydrogen (secondary N) is 1. The molecule has 16 heavy (non-hydrogen) atoms. The van der Waals surface area contributed by atoms with E-state index in [9.17, 15) is 4.79 Å². The predicted molar refractivity (Wildman–Crippen MR) is 71.5 cm³/mol. The Morgan fingerprint density at radius 2 is 2.06 bits per heavy atom. The van der Waals surface area contributed by atoms with Crippen LogP contribution in [0.4, 0.5) is 0 Å². The number of rotatable bonds is 6. The molecule has 0 aliphatic rings. The Hall–Kier alpha value is -0.520. The summed E-state index contributed by atoms with van der Waals surface area (Å²) < 4.78 is 1.07. The molecule has 0 aliphatic carbocycles. The van der Waals surface area contributed by atoms with Crippen LogP contribution >= 0.6 is 27.7 Å². The van der Waals surface area contributed by atoms with E-state index >= 15 is 0 Å². The van der Waals surface area contributed by atoms with Crippen molar-refractivity contribution in [2.45, 2.75) is 11.3 Å². The molecule has 1 aromatic carbocycles. The molecule has 0 unspecified atom stereocenters. The van der Waals surface area contributed by atoms with Crippen molar-refractivity contribution in [3.8, 4) is 0 Å². The zero-order valence-corrected chi connectivity index (χ0v) is 11.3. The first-order chi connectivity index (χ1) is 7.72. The van der Waals surface area contributed by atoms with Crippen molar-refractivity contribution < 1.29 is 4.79 Å². The number of nitrogens with two attached hydrogens (primary N) is 1. The van der Waals surface area contributed by atoms with Gasteiger partial charge in [-0.25, -0.2) is 0 Å². The Morgan fingerprint density at radius 3 is 2.69 bits per heavy atom. The van der Waals surface area contributed by atoms with E-state index in [-0.39, 0.29) is 5.91 Å². The zero-order chi connectivity index (χ0) is 11.8. The summed E-state index contributed by atoms with van der Waals surface area (Å²) in [6, 6.07) is 8.06. The van der Waals surface area contributed by atoms with Gasteiger partial charge in [-0.2, -0.15) is 0 Å². The molecule has 3 nitrogen and oxygen atoms in total. The first-order valence-electron chi connectivity index (χ1n) is 5.07. The molecule has 0 heterocycles. The van der Waals surface area contributed by atoms with Gasteiger partial charge in [-0.1, -0.05) is 15.9 Å². The number of carbonyl (C=O) groups is 1. The molecule has 0 saturated carbocycles. The van der Waals surface area contributed by atoms with Gasteiger partial charge in [0.05, 0.1) is 0 Å². The van der Waals surface area contributed by atoms with Gasteiger partial charge in [-0.05, 0) is 24.3 Å². The molecule has 0 fully saturated rings. The number of carbonyl (C=O) groups excluding carboxylic acids is 1. The lowest BCUT2D eigenvalue weighted by Crippen LogP contribution is -2.29. The number of halogens is 1. The molecule has 1 rings (SSSR count). The van der Waals surface area contributed by atoms with Crippen molar-refractivity contribution >= 4 is 33.6 Å². The standard InChI is InChI=1S/C11H15BrN2OS/c12-9-1-3-10(4-2-9)16-8-5-11(15)14-7-6-13/h1-4H,5-8,13H2,(H,14,15). The largest absolute Gasteiger partial charge is 0.355 e. The van der Waals surface area contributed by atoms with Gasteiger partial charge in [0, 0.05) is 34.6 Å². The van der Waals surface area contributed by atoms with Gasteiger partial charge in [0.1, 0.15) is 0 Å². The zero-order valence-electron chi connectivity index (χ0n) is 8.91. The van der Waals surface area contributed by atoms with Gasteiger partial charge in [-0.15, -0.1) is 11.8 Å². The fourth-order valence-corrected chi connectivity index (χ4v) is 2.21. The third kappa shape index (κ3) is 5.53. The minimum Gasteiger partial charge on any atom is -0.355 e. The summed E-state index contributed by atoms with van der Waals surface area (Å²) in [5, 5.41) is 2.74. The second kappa shape index (κ2) is 7.70. The van der Waals surface area contributed by atoms with Crippen LogP contribution in [0.3, 0.4) is 0 Å². The predicted octanol–water partition coefficient (Wildman–Crippen LogP) is 2.01. The fraction of sp³-hybridized carbons (Fsp3) is 0.364. The van der Waals surface area contributed by atoms with E-state index in [0.717, 1.165) is 10.2 Å². The van der Waals surface area contributed by atoms with Crippen molar-refractivity contribution in [2.24, 2.45) is 5.73 Å². The van der Waals surface area contributed by atoms with Crippen LogP contribution < -0.4 is 11.1 Å². The van der Waals surface area contributed by atoms with Crippen LogP contribution in [0, 0.1) is 0 Å². The van der Waals surface area contributed by atoms with E-state index in [1.807, 2.05) is 24.3 Å². The number of benzene rings is 1. The fourth-order valence-electron chi connectivity index (χ4n) is 1.09. The van der Waals surface area contributed by atoms with Crippen LogP contribution in [0.25, 0.3) is 0 Å². The van der Waals surface area contributed by atoms with Crippen molar-refractivity contribution in [2.75, 3.05) is 18.8 Å². The molecule has 1 aromatic rings. The Kier molecular flexibility index (Phi) is 6.52. The molecule has 5 heteroatoms. The first-order valence-corrected chi connectivity index (χ1v) is 6.85. The van der Waals surface area contributed by atoms with Crippen LogP contribution in [0.1, 0.15) is 6.42 Å². The lowest BCUT2D eigenvalue weighted by molar-refractivity contribution is -0.120. The summed E-state index contributed by atoms with van der Waals surface area (Å²) in [5.41, 5.74) is 5.29. The maximum Gasteiger partial charge on any atom is 0.220 e. The van der Waals surface area contributed by atoms with Gasteiger partial charge >= 0.3 is 0 Å². The highest BCUT2D eigenvalue weighted by Crippen LogP contribution is 2.20. The molecule has 0 spiro atoms. The monoisotopic (exact) mass is 302 g/mol. The highest BCUT2D eigenvalue weighted by Gasteiger charge is 2.00. The number of thioether (sulfide) groups is 1. The molecular formula is C11H15BrN2OS. The number of hydrogen-bond donors (Lipinski definition) is 2. The quantitative estimate of drug-likeness (QED) is 0.790. The van der Waals surface area contributed by atoms with E-state index in [1.54, 1.807) is 11.8 Å². The van der Waals surface area contributed by atoms with E-state index < -0.39 is 0 Å². The Bertz CT molecular complexity index is 329. The second-order valence-corrected chi connectivity index (χ2v) is 5.28. The second-order valence-electron chi connectivity index (χ2n) is 3.19. The van der Waals surface area contributed by atoms with E-state index in [2.05, 4.69) is 21.2 Å². The smallest absolute Gasteiger partial charge is 0.220 e. The van der Waals surface area contributed by atoms with E-state index in [0.29, 0.717) is 19.5 Å². The highest BCUT2D eigenvalue weighted by molar-refractivity contribution is 9.10. The van der Waals surface area contributed by atoms with E-state index in [1.165, 1.54) is 4.90 Å². The Labute approximate surface area is 108 Å². The van der Waals surface area contributed by atoms with Gasteiger partial charge in [0.15, 0.2) is 0 Å². The van der Waals surface area contributed by atoms with Gasteiger partial charge < -0.3 is 11.1 Å². The SMILES string of the molecule is NCCNC(=O)CCSc1ccc(Br)cc1. The third-order valence-electron chi connectivity index (χ3n) is 1.88. The summed E-state index contributed by atoms with van der Waals surface area (Å²) in [4.78, 5) is 12.4. The highest BCUT2D eigenvalue weighted by atomic mass is 79.9. The van der Waals surface area contributed by atoms with Crippen LogP contribution in [0.2, 0.25) is 0 Å². The molecule has 0 aliphatic heterocycles. The van der Waals surface area contributed by atoms with Crippen LogP contribution in [-0.4, -0.2) is 24.7 Å². The van der Waals surface area contributed by atoms with Crippen LogP contribution in [-0.2, 0) is 4.79 Å². The van der Waals surface area contributed by atoms with Crippen LogP contribution in [0.5, 0.6) is 0 Å². The lowest BCUT2D eigenvalue weighted by atomic mass is 10.4. The maximum atomic E-state index is 11.3. The van der Waals surface area contributed by atoms with Crippen LogP contribution in [0.15, 0.2) is 33.6 Å². The van der Waals surface area contributed by atoms with Gasteiger partial charge in [0.2, 0.25) is 5.91 Å². The van der Waals surface area contributed by atoms with E-state index in [4.69, 9.17) is 5.73 Å². The summed E-state index contributed by atoms with van der Waals surface area (Å²) >= 11 is 5.06. The minimum absolute atomic E-state index is 0.0649. The van der Waals surface area contributed by atoms with Gasteiger partial charge in [-0.3, -0.25) is 4.79 Å². The van der Waals surface area contributed by atoms with Crippen molar-refractivity contribution in [3.05, 3.63) is 28.7 Å². The molecular weight excluding hydrogens is 288 g/mol. The molecule has 3 N–H and O–H groups in total. The van der Waals surface area contributed by atoms with Crippen molar-refractivity contribution in [1.29, 1.82) is 0 Å². The van der Waals surface area contributed by atoms with Crippen molar-refractivity contribution in [1.82, 2.24) is 5.32 Å². The molecule has 0 aromatic heterocycles. The average Bonchev–Trinajstić information content (AvgIpc) is 2.29. The molecule has 0 bridgehead atoms. The number of amides is 1. The average molecular weight is 303 g/mol. The maximum absolute atomic E-state index is 11.3. The van der Waals surface area contributed by atoms with Gasteiger partial charge in [0.25, 0.3) is 0 Å². The normalized spacial score (nSPS) is 10.1. The third-order valence-corrected chi connectivity index (χ3v) is 3.42. The molecule has 0 atom stereocenters. The minimum atomic E-state index is 0.0649. The molecule has 0 saturated heterocycles. The molecule has 1 amide bonds. The first kappa shape index (κ1) is 13.5. The summed E-state index contributed by atoms with van der Waals surface area (Å²) in [5.74, 6) is 0.855. The molecule has 0 radical (unpaired) electrons. The molecule has 88 valence electrons. The summed E-state index contributed by atoms with van der Waals surface area (Å²) in [6.45, 7) is 1.05. The Balaban J connectivity index is 2.20.